The van der Waals surface area contributed by atoms with Gasteiger partial charge >= 0.3 is 6.18 Å². The van der Waals surface area contributed by atoms with Gasteiger partial charge in [-0.15, -0.1) is 0 Å². The largest absolute Gasteiger partial charge is 0.490 e. The number of halogens is 3. The van der Waals surface area contributed by atoms with Crippen LogP contribution in [0.5, 0.6) is 11.5 Å². The van der Waals surface area contributed by atoms with Crippen molar-refractivity contribution in [1.29, 1.82) is 0 Å². The molecule has 0 unspecified atom stereocenters. The summed E-state index contributed by atoms with van der Waals surface area (Å²) in [6.07, 6.45) is -2.78. The van der Waals surface area contributed by atoms with Crippen LogP contribution >= 0.6 is 0 Å². The minimum absolute atomic E-state index is 0.176. The van der Waals surface area contributed by atoms with Gasteiger partial charge in [0.15, 0.2) is 11.5 Å². The summed E-state index contributed by atoms with van der Waals surface area (Å²) in [4.78, 5) is 28.9. The fraction of sp³-hybridized carbons (Fsp3) is 0.440. The Morgan fingerprint density at radius 2 is 1.24 bits per heavy atom. The summed E-state index contributed by atoms with van der Waals surface area (Å²) < 4.78 is 49.7. The van der Waals surface area contributed by atoms with Crippen LogP contribution in [0.25, 0.3) is 0 Å². The Morgan fingerprint density at radius 3 is 1.74 bits per heavy atom. The van der Waals surface area contributed by atoms with Crippen molar-refractivity contribution in [1.82, 2.24) is 9.80 Å². The summed E-state index contributed by atoms with van der Waals surface area (Å²) in [5.41, 5.74) is -0.140. The predicted octanol–water partition coefficient (Wildman–Crippen LogP) is 4.88. The van der Waals surface area contributed by atoms with E-state index in [9.17, 15) is 22.8 Å². The van der Waals surface area contributed by atoms with E-state index < -0.39 is 11.7 Å². The van der Waals surface area contributed by atoms with E-state index in [2.05, 4.69) is 0 Å². The Kier molecular flexibility index (Phi) is 8.41. The van der Waals surface area contributed by atoms with Gasteiger partial charge in [-0.1, -0.05) is 13.8 Å². The molecular formula is C25H29F3N2O4. The molecule has 1 fully saturated rings. The van der Waals surface area contributed by atoms with Gasteiger partial charge in [0, 0.05) is 37.3 Å². The summed E-state index contributed by atoms with van der Waals surface area (Å²) in [5.74, 6) is 0.592. The average Bonchev–Trinajstić information content (AvgIpc) is 2.85. The molecular weight excluding hydrogens is 449 g/mol. The molecule has 3 rings (SSSR count). The highest BCUT2D eigenvalue weighted by atomic mass is 19.4. The highest BCUT2D eigenvalue weighted by molar-refractivity contribution is 5.96. The van der Waals surface area contributed by atoms with Crippen molar-refractivity contribution in [3.63, 3.8) is 0 Å². The second-order valence-corrected chi connectivity index (χ2v) is 8.02. The molecule has 0 saturated carbocycles. The molecule has 0 aromatic heterocycles. The van der Waals surface area contributed by atoms with Crippen molar-refractivity contribution in [3.8, 4) is 11.5 Å². The van der Waals surface area contributed by atoms with Gasteiger partial charge in [0.05, 0.1) is 18.8 Å². The fourth-order valence-electron chi connectivity index (χ4n) is 3.58. The van der Waals surface area contributed by atoms with Crippen molar-refractivity contribution < 1.29 is 32.2 Å². The van der Waals surface area contributed by atoms with Crippen molar-refractivity contribution in [2.75, 3.05) is 39.4 Å². The monoisotopic (exact) mass is 478 g/mol. The lowest BCUT2D eigenvalue weighted by Gasteiger charge is -2.35. The van der Waals surface area contributed by atoms with Crippen LogP contribution in [-0.2, 0) is 6.18 Å². The molecule has 0 radical (unpaired) electrons. The van der Waals surface area contributed by atoms with Crippen LogP contribution in [0.15, 0.2) is 42.5 Å². The number of benzene rings is 2. The van der Waals surface area contributed by atoms with E-state index in [1.807, 2.05) is 13.8 Å². The molecule has 2 amide bonds. The van der Waals surface area contributed by atoms with Crippen molar-refractivity contribution in [3.05, 3.63) is 59.2 Å². The first-order chi connectivity index (χ1) is 16.2. The van der Waals surface area contributed by atoms with Gasteiger partial charge in [-0.25, -0.2) is 0 Å². The lowest BCUT2D eigenvalue weighted by Crippen LogP contribution is -2.50. The minimum Gasteiger partial charge on any atom is -0.490 e. The molecule has 2 aromatic carbocycles. The molecule has 1 aliphatic heterocycles. The van der Waals surface area contributed by atoms with Crippen LogP contribution in [-0.4, -0.2) is 61.0 Å². The van der Waals surface area contributed by atoms with Crippen molar-refractivity contribution >= 4 is 11.8 Å². The van der Waals surface area contributed by atoms with Gasteiger partial charge in [0.1, 0.15) is 0 Å². The lowest BCUT2D eigenvalue weighted by molar-refractivity contribution is -0.137. The smallest absolute Gasteiger partial charge is 0.416 e. The van der Waals surface area contributed by atoms with E-state index in [1.165, 1.54) is 12.1 Å². The SMILES string of the molecule is CCCOc1ccc(C(=O)N2CCN(C(=O)c3ccc(C(F)(F)F)cc3)CC2)cc1OCCC. The number of carbonyl (C=O) groups is 2. The van der Waals surface area contributed by atoms with Gasteiger partial charge in [-0.2, -0.15) is 13.2 Å². The number of alkyl halides is 3. The van der Waals surface area contributed by atoms with Crippen LogP contribution in [0.4, 0.5) is 13.2 Å². The molecule has 1 heterocycles. The minimum atomic E-state index is -4.45. The zero-order valence-electron chi connectivity index (χ0n) is 19.4. The maximum absolute atomic E-state index is 13.0. The summed E-state index contributed by atoms with van der Waals surface area (Å²) >= 11 is 0. The first kappa shape index (κ1) is 25.4. The van der Waals surface area contributed by atoms with Gasteiger partial charge < -0.3 is 19.3 Å². The van der Waals surface area contributed by atoms with Crippen LogP contribution in [0.2, 0.25) is 0 Å². The molecule has 9 heteroatoms. The Hall–Kier alpha value is -3.23. The number of amides is 2. The average molecular weight is 479 g/mol. The second-order valence-electron chi connectivity index (χ2n) is 8.02. The molecule has 34 heavy (non-hydrogen) atoms. The van der Waals surface area contributed by atoms with E-state index >= 15 is 0 Å². The fourth-order valence-corrected chi connectivity index (χ4v) is 3.58. The Bertz CT molecular complexity index is 985. The summed E-state index contributed by atoms with van der Waals surface area (Å²) in [6.45, 7) is 6.29. The van der Waals surface area contributed by atoms with E-state index in [-0.39, 0.29) is 17.4 Å². The molecule has 0 atom stereocenters. The molecule has 6 nitrogen and oxygen atoms in total. The third-order valence-corrected chi connectivity index (χ3v) is 5.43. The van der Waals surface area contributed by atoms with E-state index in [4.69, 9.17) is 9.47 Å². The Labute approximate surface area is 197 Å². The number of piperazine rings is 1. The van der Waals surface area contributed by atoms with Crippen molar-refractivity contribution in [2.24, 2.45) is 0 Å². The number of rotatable bonds is 8. The quantitative estimate of drug-likeness (QED) is 0.543. The van der Waals surface area contributed by atoms with Gasteiger partial charge in [0.25, 0.3) is 11.8 Å². The van der Waals surface area contributed by atoms with Crippen LogP contribution in [0.3, 0.4) is 0 Å². The Balaban J connectivity index is 1.63. The maximum Gasteiger partial charge on any atom is 0.416 e. The topological polar surface area (TPSA) is 59.1 Å². The van der Waals surface area contributed by atoms with E-state index in [1.54, 1.807) is 28.0 Å². The third-order valence-electron chi connectivity index (χ3n) is 5.43. The number of carbonyl (C=O) groups excluding carboxylic acids is 2. The standard InChI is InChI=1S/C25H29F3N2O4/c1-3-15-33-21-10-7-19(17-22(21)34-16-4-2)24(32)30-13-11-29(12-14-30)23(31)18-5-8-20(9-6-18)25(26,27)28/h5-10,17H,3-4,11-16H2,1-2H3. The van der Waals surface area contributed by atoms with Crippen LogP contribution in [0.1, 0.15) is 53.0 Å². The molecule has 184 valence electrons. The number of nitrogens with zero attached hydrogens (tertiary/aromatic N) is 2. The predicted molar refractivity (Wildman–Crippen MR) is 121 cm³/mol. The third kappa shape index (κ3) is 6.21. The molecule has 1 saturated heterocycles. The normalized spacial score (nSPS) is 14.1. The lowest BCUT2D eigenvalue weighted by atomic mass is 10.1. The molecule has 0 bridgehead atoms. The van der Waals surface area contributed by atoms with E-state index in [0.717, 1.165) is 25.0 Å². The van der Waals surface area contributed by atoms with Crippen LogP contribution in [0, 0.1) is 0 Å². The highest BCUT2D eigenvalue weighted by Gasteiger charge is 2.31. The second kappa shape index (κ2) is 11.3. The molecule has 0 N–H and O–H groups in total. The number of ether oxygens (including phenoxy) is 2. The van der Waals surface area contributed by atoms with E-state index in [0.29, 0.717) is 56.5 Å². The van der Waals surface area contributed by atoms with Crippen molar-refractivity contribution in [2.45, 2.75) is 32.9 Å². The highest BCUT2D eigenvalue weighted by Crippen LogP contribution is 2.30. The zero-order valence-corrected chi connectivity index (χ0v) is 19.4. The Morgan fingerprint density at radius 1 is 0.765 bits per heavy atom. The number of hydrogen-bond acceptors (Lipinski definition) is 4. The van der Waals surface area contributed by atoms with Crippen LogP contribution < -0.4 is 9.47 Å². The molecule has 0 spiro atoms. The first-order valence-corrected chi connectivity index (χ1v) is 11.4. The molecule has 1 aliphatic rings. The van der Waals surface area contributed by atoms with Gasteiger partial charge in [-0.3, -0.25) is 9.59 Å². The zero-order chi connectivity index (χ0) is 24.7. The maximum atomic E-state index is 13.0. The van der Waals surface area contributed by atoms with Gasteiger partial charge in [-0.05, 0) is 55.3 Å². The number of hydrogen-bond donors (Lipinski definition) is 0. The molecule has 0 aliphatic carbocycles. The summed E-state index contributed by atoms with van der Waals surface area (Å²) in [6, 6.07) is 9.29. The molecule has 2 aromatic rings. The summed E-state index contributed by atoms with van der Waals surface area (Å²) in [5, 5.41) is 0. The van der Waals surface area contributed by atoms with Gasteiger partial charge in [0.2, 0.25) is 0 Å². The first-order valence-electron chi connectivity index (χ1n) is 11.4. The summed E-state index contributed by atoms with van der Waals surface area (Å²) in [7, 11) is 0.